The maximum absolute atomic E-state index is 12.4. The molecule has 1 aliphatic heterocycles. The van der Waals surface area contributed by atoms with Gasteiger partial charge in [0.2, 0.25) is 5.78 Å². The third-order valence-corrected chi connectivity index (χ3v) is 19.8. The van der Waals surface area contributed by atoms with Crippen LogP contribution >= 0.6 is 7.92 Å². The molecule has 0 aromatic heterocycles. The molecule has 0 saturated heterocycles. The quantitative estimate of drug-likeness (QED) is 0.0657. The molecule has 4 heteroatoms. The van der Waals surface area contributed by atoms with Gasteiger partial charge in [0.25, 0.3) is 0 Å². The first kappa shape index (κ1) is 60.0. The van der Waals surface area contributed by atoms with Crippen LogP contribution in [0.25, 0.3) is 0 Å². The molecule has 1 heterocycles. The molecule has 0 spiro atoms. The largest absolute Gasteiger partial charge is 2.00 e. The SMILES string of the molecule is C.CC(C)(C)P(C1CCCC1)C(C)(C)C.CC1=CCCC[C@@]1(C)CC1Oc2ccccc2C1=O.[CH3-].[CH3-].[Fe+2].c1ccc(C2C(c3ccccc3)C(c3ccccc3)C(c3ccccc3)C2c2ccccc2)cc1. The minimum Gasteiger partial charge on any atom is -0.481 e. The van der Waals surface area contributed by atoms with E-state index in [-0.39, 0.29) is 64.6 Å². The zero-order valence-electron chi connectivity index (χ0n) is 44.6. The molecule has 2 atom stereocenters. The predicted octanol–water partition coefficient (Wildman–Crippen LogP) is 19.6. The van der Waals surface area contributed by atoms with Crippen molar-refractivity contribution in [2.24, 2.45) is 5.41 Å². The van der Waals surface area contributed by atoms with Gasteiger partial charge in [-0.3, -0.25) is 4.79 Å². The number of carbonyl (C=O) groups is 1. The Balaban J connectivity index is 0.000000258. The summed E-state index contributed by atoms with van der Waals surface area (Å²) in [4.78, 5) is 12.4. The molecule has 0 radical (unpaired) electrons. The average molecular weight is 1020 g/mol. The second-order valence-electron chi connectivity index (χ2n) is 22.3. The summed E-state index contributed by atoms with van der Waals surface area (Å²) in [5.74, 6) is 2.69. The minimum atomic E-state index is -0.302. The first-order chi connectivity index (χ1) is 32.7. The van der Waals surface area contributed by atoms with E-state index < -0.39 is 0 Å². The van der Waals surface area contributed by atoms with Gasteiger partial charge < -0.3 is 19.6 Å². The standard InChI is InChI=1S/C35H30.C17H20O2.C13H27P.CH4.2CH3.Fe/c1-6-16-26(17-7-1)31-32(27-18-8-2-9-19-27)34(29-22-12-4-13-23-29)35(30-24-14-5-15-25-30)33(31)28-20-10-3-11-21-28;1-12-7-5-6-10-17(12,2)11-15-16(18)13-8-3-4-9-14(13)19-15;1-12(2,3)14(13(4,5)6)11-9-7-8-10-11;;;;/h1-25,31-35H;3-4,7-9,15H,5-6,10-11H2,1-2H3;11H,7-10H2,1-6H3;1H4;2*1H3;/q;;;;2*-1;+2/t;15?,17-;;;;;/m.0...../s1. The van der Waals surface area contributed by atoms with Gasteiger partial charge >= 0.3 is 17.1 Å². The van der Waals surface area contributed by atoms with Crippen LogP contribution in [-0.2, 0) is 17.1 Å². The summed E-state index contributed by atoms with van der Waals surface area (Å²) >= 11 is 0. The Morgan fingerprint density at radius 3 is 1.18 bits per heavy atom. The second kappa shape index (κ2) is 26.6. The Morgan fingerprint density at radius 1 is 0.528 bits per heavy atom. The van der Waals surface area contributed by atoms with Crippen LogP contribution < -0.4 is 4.74 Å². The van der Waals surface area contributed by atoms with Crippen molar-refractivity contribution >= 4 is 13.7 Å². The predicted molar refractivity (Wildman–Crippen MR) is 310 cm³/mol. The third-order valence-electron chi connectivity index (χ3n) is 15.7. The Kier molecular flexibility index (Phi) is 22.2. The van der Waals surface area contributed by atoms with Crippen molar-refractivity contribution in [3.63, 3.8) is 0 Å². The summed E-state index contributed by atoms with van der Waals surface area (Å²) in [5.41, 5.74) is 10.4. The number of para-hydroxylation sites is 1. The molecule has 2 fully saturated rings. The van der Waals surface area contributed by atoms with E-state index in [0.717, 1.165) is 29.8 Å². The molecule has 6 aromatic rings. The zero-order valence-corrected chi connectivity index (χ0v) is 46.6. The molecule has 4 aliphatic rings. The van der Waals surface area contributed by atoms with Gasteiger partial charge in [-0.2, -0.15) is 0 Å². The van der Waals surface area contributed by atoms with Crippen molar-refractivity contribution in [2.75, 3.05) is 0 Å². The molecular weight excluding hydrogens is 936 g/mol. The van der Waals surface area contributed by atoms with Crippen molar-refractivity contribution in [3.05, 3.63) is 236 Å². The third kappa shape index (κ3) is 13.8. The summed E-state index contributed by atoms with van der Waals surface area (Å²) in [7, 11) is 0.156. The van der Waals surface area contributed by atoms with E-state index in [4.69, 9.17) is 4.74 Å². The molecule has 6 aromatic carbocycles. The summed E-state index contributed by atoms with van der Waals surface area (Å²) < 4.78 is 5.86. The van der Waals surface area contributed by atoms with Gasteiger partial charge in [-0.1, -0.05) is 252 Å². The molecule has 2 saturated carbocycles. The molecule has 10 rings (SSSR count). The minimum absolute atomic E-state index is 0. The maximum Gasteiger partial charge on any atom is 2.00 e. The molecule has 72 heavy (non-hydrogen) atoms. The van der Waals surface area contributed by atoms with Gasteiger partial charge in [-0.25, -0.2) is 0 Å². The number of fused-ring (bicyclic) bond motifs is 1. The normalized spacial score (nSPS) is 23.4. The number of rotatable bonds is 8. The van der Waals surface area contributed by atoms with Crippen LogP contribution in [0.4, 0.5) is 0 Å². The van der Waals surface area contributed by atoms with E-state index in [0.29, 0.717) is 39.9 Å². The van der Waals surface area contributed by atoms with Crippen molar-refractivity contribution in [3.8, 4) is 5.75 Å². The summed E-state index contributed by atoms with van der Waals surface area (Å²) in [6.07, 6.45) is 12.3. The topological polar surface area (TPSA) is 26.3 Å². The first-order valence-corrected chi connectivity index (χ1v) is 27.2. The Hall–Kier alpha value is -4.52. The van der Waals surface area contributed by atoms with Crippen LogP contribution in [0.1, 0.15) is 182 Å². The maximum atomic E-state index is 12.4. The second-order valence-corrected chi connectivity index (χ2v) is 26.5. The molecule has 2 nitrogen and oxygen atoms in total. The number of ether oxygens (including phenoxy) is 1. The fourth-order valence-corrected chi connectivity index (χ4v) is 18.1. The fraction of sp³-hybridized carbons (Fsp3) is 0.397. The molecule has 0 amide bonds. The van der Waals surface area contributed by atoms with Crippen LogP contribution in [0.3, 0.4) is 0 Å². The Morgan fingerprint density at radius 2 is 0.861 bits per heavy atom. The number of hydrogen-bond acceptors (Lipinski definition) is 2. The van der Waals surface area contributed by atoms with Crippen molar-refractivity contribution in [2.45, 2.75) is 166 Å². The molecule has 0 N–H and O–H groups in total. The molecular formula is C68H87FeO2P. The van der Waals surface area contributed by atoms with Crippen LogP contribution in [-0.4, -0.2) is 27.9 Å². The summed E-state index contributed by atoms with van der Waals surface area (Å²) in [6.45, 7) is 19.1. The average Bonchev–Trinajstić information content (AvgIpc) is 4.08. The summed E-state index contributed by atoms with van der Waals surface area (Å²) in [6, 6.07) is 63.7. The number of carbonyl (C=O) groups excluding carboxylic acids is 1. The van der Waals surface area contributed by atoms with E-state index in [9.17, 15) is 4.79 Å². The van der Waals surface area contributed by atoms with Gasteiger partial charge in [0.05, 0.1) is 5.56 Å². The molecule has 3 aliphatic carbocycles. The van der Waals surface area contributed by atoms with Crippen molar-refractivity contribution < 1.29 is 26.6 Å². The van der Waals surface area contributed by atoms with Gasteiger partial charge in [-0.15, -0.1) is 0 Å². The fourth-order valence-electron chi connectivity index (χ4n) is 13.0. The van der Waals surface area contributed by atoms with Crippen LogP contribution in [0.2, 0.25) is 0 Å². The zero-order chi connectivity index (χ0) is 47.9. The van der Waals surface area contributed by atoms with Crippen molar-refractivity contribution in [1.82, 2.24) is 0 Å². The van der Waals surface area contributed by atoms with Crippen LogP contribution in [0.5, 0.6) is 5.75 Å². The Labute approximate surface area is 450 Å². The Bertz CT molecular complexity index is 2260. The molecule has 0 bridgehead atoms. The van der Waals surface area contributed by atoms with E-state index in [2.05, 4.69) is 213 Å². The molecule has 384 valence electrons. The number of ketones is 1. The smallest absolute Gasteiger partial charge is 0.481 e. The number of allylic oxidation sites excluding steroid dienone is 2. The van der Waals surface area contributed by atoms with Gasteiger partial charge in [0.1, 0.15) is 5.75 Å². The number of hydrogen-bond donors (Lipinski definition) is 0. The van der Waals surface area contributed by atoms with Crippen molar-refractivity contribution in [1.29, 1.82) is 0 Å². The van der Waals surface area contributed by atoms with E-state index in [1.54, 1.807) is 0 Å². The van der Waals surface area contributed by atoms with Gasteiger partial charge in [0.15, 0.2) is 6.10 Å². The van der Waals surface area contributed by atoms with Crippen LogP contribution in [0.15, 0.2) is 188 Å². The first-order valence-electron chi connectivity index (χ1n) is 25.8. The molecule has 1 unspecified atom stereocenters. The summed E-state index contributed by atoms with van der Waals surface area (Å²) in [5, 5.41) is 1.06. The monoisotopic (exact) mass is 1020 g/mol. The van der Waals surface area contributed by atoms with Crippen LogP contribution in [0, 0.1) is 20.3 Å². The van der Waals surface area contributed by atoms with E-state index in [1.807, 2.05) is 24.3 Å². The number of benzene rings is 6. The van der Waals surface area contributed by atoms with Gasteiger partial charge in [-0.05, 0) is 130 Å². The van der Waals surface area contributed by atoms with E-state index >= 15 is 0 Å². The number of Topliss-reactive ketones (excluding diaryl/α,β-unsaturated/α-hetero) is 1. The van der Waals surface area contributed by atoms with Gasteiger partial charge in [0, 0.05) is 6.42 Å². The van der Waals surface area contributed by atoms with E-state index in [1.165, 1.54) is 71.9 Å².